The van der Waals surface area contributed by atoms with E-state index in [1.54, 1.807) is 26.0 Å². The summed E-state index contributed by atoms with van der Waals surface area (Å²) < 4.78 is 10.1. The number of benzene rings is 2. The highest BCUT2D eigenvalue weighted by molar-refractivity contribution is 6.03. The van der Waals surface area contributed by atoms with Crippen molar-refractivity contribution in [1.29, 1.82) is 0 Å². The number of ether oxygens (including phenoxy) is 2. The van der Waals surface area contributed by atoms with E-state index in [2.05, 4.69) is 0 Å². The fourth-order valence-corrected chi connectivity index (χ4v) is 2.43. The average Bonchev–Trinajstić information content (AvgIpc) is 2.60. The summed E-state index contributed by atoms with van der Waals surface area (Å²) in [5, 5.41) is 2.14. The van der Waals surface area contributed by atoms with Crippen molar-refractivity contribution < 1.29 is 19.1 Å². The van der Waals surface area contributed by atoms with E-state index in [9.17, 15) is 9.59 Å². The molecule has 0 heterocycles. The fraction of sp³-hybridized carbons (Fsp3) is 0.300. The van der Waals surface area contributed by atoms with Crippen LogP contribution in [0.5, 0.6) is 0 Å². The van der Waals surface area contributed by atoms with Crippen molar-refractivity contribution in [1.82, 2.24) is 0 Å². The van der Waals surface area contributed by atoms with Crippen LogP contribution in [-0.2, 0) is 19.1 Å². The summed E-state index contributed by atoms with van der Waals surface area (Å²) in [5.41, 5.74) is -0.545. The van der Waals surface area contributed by atoms with Gasteiger partial charge >= 0.3 is 11.9 Å². The maximum absolute atomic E-state index is 12.3. The Kier molecular flexibility index (Phi) is 5.74. The van der Waals surface area contributed by atoms with Crippen LogP contribution in [0, 0.1) is 5.41 Å². The van der Waals surface area contributed by atoms with Gasteiger partial charge in [0.2, 0.25) is 0 Å². The summed E-state index contributed by atoms with van der Waals surface area (Å²) in [4.78, 5) is 24.6. The number of hydrogen-bond acceptors (Lipinski definition) is 4. The van der Waals surface area contributed by atoms with Crippen LogP contribution in [0.4, 0.5) is 0 Å². The Morgan fingerprint density at radius 3 is 2.17 bits per heavy atom. The summed E-state index contributed by atoms with van der Waals surface area (Å²) in [6.07, 6.45) is 3.33. The molecule has 24 heavy (non-hydrogen) atoms. The van der Waals surface area contributed by atoms with Crippen LogP contribution < -0.4 is 0 Å². The Hall–Kier alpha value is -2.62. The zero-order valence-corrected chi connectivity index (χ0v) is 14.2. The van der Waals surface area contributed by atoms with Gasteiger partial charge in [0.1, 0.15) is 0 Å². The maximum Gasteiger partial charge on any atom is 0.327 e. The van der Waals surface area contributed by atoms with Gasteiger partial charge in [-0.25, -0.2) is 0 Å². The van der Waals surface area contributed by atoms with Crippen molar-refractivity contribution in [2.45, 2.75) is 20.8 Å². The van der Waals surface area contributed by atoms with Crippen LogP contribution in [0.1, 0.15) is 26.3 Å². The predicted octanol–water partition coefficient (Wildman–Crippen LogP) is 3.99. The third-order valence-corrected chi connectivity index (χ3v) is 3.82. The lowest BCUT2D eigenvalue weighted by Crippen LogP contribution is -2.37. The molecule has 2 rings (SSSR count). The molecule has 0 bridgehead atoms. The highest BCUT2D eigenvalue weighted by atomic mass is 16.6. The lowest BCUT2D eigenvalue weighted by molar-refractivity contribution is -0.166. The fourth-order valence-electron chi connectivity index (χ4n) is 2.43. The Morgan fingerprint density at radius 2 is 1.54 bits per heavy atom. The molecule has 0 spiro atoms. The first-order valence-corrected chi connectivity index (χ1v) is 8.04. The molecule has 126 valence electrons. The van der Waals surface area contributed by atoms with Crippen molar-refractivity contribution in [3.63, 3.8) is 0 Å². The van der Waals surface area contributed by atoms with Gasteiger partial charge in [0.15, 0.2) is 5.41 Å². The molecule has 0 aliphatic carbocycles. The Labute approximate surface area is 142 Å². The van der Waals surface area contributed by atoms with Crippen molar-refractivity contribution in [2.24, 2.45) is 5.41 Å². The number of fused-ring (bicyclic) bond motifs is 1. The minimum absolute atomic E-state index is 0.204. The van der Waals surface area contributed by atoms with Crippen molar-refractivity contribution >= 4 is 28.8 Å². The maximum atomic E-state index is 12.3. The van der Waals surface area contributed by atoms with Crippen LogP contribution in [-0.4, -0.2) is 25.2 Å². The number of esters is 2. The van der Waals surface area contributed by atoms with E-state index in [-0.39, 0.29) is 13.2 Å². The summed E-state index contributed by atoms with van der Waals surface area (Å²) in [7, 11) is 0. The molecule has 0 saturated heterocycles. The second kappa shape index (κ2) is 7.77. The molecule has 2 aromatic carbocycles. The molecule has 2 aromatic rings. The van der Waals surface area contributed by atoms with E-state index in [1.165, 1.54) is 6.92 Å². The van der Waals surface area contributed by atoms with Gasteiger partial charge in [-0.05, 0) is 37.1 Å². The van der Waals surface area contributed by atoms with Gasteiger partial charge in [-0.15, -0.1) is 0 Å². The highest BCUT2D eigenvalue weighted by Crippen LogP contribution is 2.26. The summed E-state index contributed by atoms with van der Waals surface area (Å²) >= 11 is 0. The third-order valence-electron chi connectivity index (χ3n) is 3.82. The van der Waals surface area contributed by atoms with E-state index in [4.69, 9.17) is 9.47 Å². The van der Waals surface area contributed by atoms with E-state index >= 15 is 0 Å². The number of rotatable bonds is 6. The van der Waals surface area contributed by atoms with Gasteiger partial charge in [0.25, 0.3) is 0 Å². The van der Waals surface area contributed by atoms with Crippen molar-refractivity contribution in [2.75, 3.05) is 13.2 Å². The number of carbonyl (C=O) groups is 2. The summed E-state index contributed by atoms with van der Waals surface area (Å²) in [6, 6.07) is 13.8. The van der Waals surface area contributed by atoms with Crippen molar-refractivity contribution in [3.05, 3.63) is 54.1 Å². The Bertz CT molecular complexity index is 738. The SMILES string of the molecule is CCOC(=O)C(C)(/C=C/c1cccc2ccccc12)C(=O)OCC. The first-order valence-electron chi connectivity index (χ1n) is 8.04. The molecule has 0 radical (unpaired) electrons. The topological polar surface area (TPSA) is 52.6 Å². The van der Waals surface area contributed by atoms with Crippen LogP contribution >= 0.6 is 0 Å². The number of hydrogen-bond donors (Lipinski definition) is 0. The molecule has 0 unspecified atom stereocenters. The first kappa shape index (κ1) is 17.7. The molecule has 0 N–H and O–H groups in total. The minimum Gasteiger partial charge on any atom is -0.465 e. The largest absolute Gasteiger partial charge is 0.465 e. The second-order valence-corrected chi connectivity index (χ2v) is 5.54. The van der Waals surface area contributed by atoms with Crippen LogP contribution in [0.15, 0.2) is 48.5 Å². The van der Waals surface area contributed by atoms with E-state index < -0.39 is 17.4 Å². The quantitative estimate of drug-likeness (QED) is 0.595. The smallest absolute Gasteiger partial charge is 0.327 e. The lowest BCUT2D eigenvalue weighted by Gasteiger charge is -2.21. The second-order valence-electron chi connectivity index (χ2n) is 5.54. The van der Waals surface area contributed by atoms with Crippen molar-refractivity contribution in [3.8, 4) is 0 Å². The van der Waals surface area contributed by atoms with Gasteiger partial charge in [0.05, 0.1) is 13.2 Å². The van der Waals surface area contributed by atoms with Gasteiger partial charge in [-0.2, -0.15) is 0 Å². The van der Waals surface area contributed by atoms with Gasteiger partial charge in [-0.3, -0.25) is 9.59 Å². The molecule has 0 atom stereocenters. The zero-order valence-electron chi connectivity index (χ0n) is 14.2. The van der Waals surface area contributed by atoms with Crippen LogP contribution in [0.2, 0.25) is 0 Å². The van der Waals surface area contributed by atoms with Gasteiger partial charge < -0.3 is 9.47 Å². The van der Waals surface area contributed by atoms with Gasteiger partial charge in [-0.1, -0.05) is 54.6 Å². The van der Waals surface area contributed by atoms with E-state index in [1.807, 2.05) is 42.5 Å². The highest BCUT2D eigenvalue weighted by Gasteiger charge is 2.41. The molecule has 0 amide bonds. The van der Waals surface area contributed by atoms with E-state index in [0.29, 0.717) is 0 Å². The summed E-state index contributed by atoms with van der Waals surface area (Å²) in [5.74, 6) is -1.22. The standard InChI is InChI=1S/C20H22O4/c1-4-23-18(21)20(3,19(22)24-5-2)14-13-16-11-8-10-15-9-6-7-12-17(15)16/h6-14H,4-5H2,1-3H3/b14-13+. The predicted molar refractivity (Wildman–Crippen MR) is 94.4 cm³/mol. The molecule has 0 aliphatic rings. The monoisotopic (exact) mass is 326 g/mol. The first-order chi connectivity index (χ1) is 11.5. The minimum atomic E-state index is -1.47. The normalized spacial score (nSPS) is 11.6. The number of carbonyl (C=O) groups excluding carboxylic acids is 2. The molecular formula is C20H22O4. The molecular weight excluding hydrogens is 304 g/mol. The molecule has 4 nitrogen and oxygen atoms in total. The molecule has 0 aromatic heterocycles. The van der Waals surface area contributed by atoms with Crippen LogP contribution in [0.3, 0.4) is 0 Å². The molecule has 4 heteroatoms. The van der Waals surface area contributed by atoms with Gasteiger partial charge in [0, 0.05) is 0 Å². The van der Waals surface area contributed by atoms with E-state index in [0.717, 1.165) is 16.3 Å². The van der Waals surface area contributed by atoms with Crippen LogP contribution in [0.25, 0.3) is 16.8 Å². The third kappa shape index (κ3) is 3.65. The average molecular weight is 326 g/mol. The molecule has 0 saturated carbocycles. The molecule has 0 fully saturated rings. The summed E-state index contributed by atoms with van der Waals surface area (Å²) in [6.45, 7) is 5.34. The Morgan fingerprint density at radius 1 is 0.958 bits per heavy atom. The lowest BCUT2D eigenvalue weighted by atomic mass is 9.89. The Balaban J connectivity index is 2.42. The zero-order chi connectivity index (χ0) is 17.6. The molecule has 0 aliphatic heterocycles.